The number of oxazole rings is 1. The van der Waals surface area contributed by atoms with Crippen molar-refractivity contribution in [1.29, 1.82) is 0 Å². The zero-order chi connectivity index (χ0) is 41.6. The van der Waals surface area contributed by atoms with Gasteiger partial charge in [0.2, 0.25) is 29.5 Å². The first-order chi connectivity index (χ1) is 27.6. The van der Waals surface area contributed by atoms with E-state index in [1.54, 1.807) is 47.6 Å². The summed E-state index contributed by atoms with van der Waals surface area (Å²) in [5, 5.41) is 35.2. The van der Waals surface area contributed by atoms with Gasteiger partial charge in [-0.25, -0.2) is 4.98 Å². The molecule has 5 heterocycles. The Morgan fingerprint density at radius 3 is 2.62 bits per heavy atom. The molecule has 0 saturated carbocycles. The van der Waals surface area contributed by atoms with E-state index in [2.05, 4.69) is 25.5 Å². The lowest BCUT2D eigenvalue weighted by Gasteiger charge is -2.46. The molecule has 4 aromatic rings. The molecule has 4 N–H and O–H groups in total. The number of carbonyl (C=O) groups is 2. The molecule has 2 aliphatic heterocycles. The summed E-state index contributed by atoms with van der Waals surface area (Å²) in [5.41, 5.74) is 0.316. The van der Waals surface area contributed by atoms with Crippen LogP contribution in [0.2, 0.25) is 0 Å². The molecule has 2 amide bonds. The van der Waals surface area contributed by atoms with Gasteiger partial charge in [-0.05, 0) is 44.9 Å². The number of aromatic nitrogens is 4. The molecule has 1 aromatic carbocycles. The molecule has 0 spiro atoms. The number of aliphatic hydroxyl groups excluding tert-OH is 2. The van der Waals surface area contributed by atoms with Crippen molar-refractivity contribution in [2.75, 3.05) is 46.4 Å². The standard InChI is InChI=1S/C39H47F3N8O8/c1-5-8-32-47-48-33(58-32)15-23(35(53)46-34-27-9-6-7-10-30(27)56-21-29(34)52)13-25(51)19-49-11-12-50(20-28(49)36(54)45-22-39(40,41)42)38(2,3)37-44-18-31(57-37)24-14-26(55-4)17-43-16-24/h6-7,9-10,14,16-18,23,25,28,51-52H,5,8,11-13,15,19-22H2,1-4H3,(H,45,54)(H,46,53)/t23-,25-,28-/m0/s1. The van der Waals surface area contributed by atoms with Crippen LogP contribution in [0.25, 0.3) is 17.0 Å². The Morgan fingerprint density at radius 2 is 1.86 bits per heavy atom. The van der Waals surface area contributed by atoms with Gasteiger partial charge in [0.25, 0.3) is 0 Å². The number of rotatable bonds is 16. The molecule has 312 valence electrons. The van der Waals surface area contributed by atoms with E-state index in [0.717, 1.165) is 6.42 Å². The summed E-state index contributed by atoms with van der Waals surface area (Å²) in [6, 6.07) is 7.47. The van der Waals surface area contributed by atoms with Crippen molar-refractivity contribution in [2.24, 2.45) is 5.92 Å². The first-order valence-corrected chi connectivity index (χ1v) is 18.9. The van der Waals surface area contributed by atoms with E-state index < -0.39 is 48.1 Å². The number of piperazine rings is 1. The maximum Gasteiger partial charge on any atom is 0.405 e. The van der Waals surface area contributed by atoms with Crippen LogP contribution >= 0.6 is 0 Å². The first kappa shape index (κ1) is 42.1. The van der Waals surface area contributed by atoms with Gasteiger partial charge in [-0.15, -0.1) is 10.2 Å². The molecule has 0 unspecified atom stereocenters. The van der Waals surface area contributed by atoms with Gasteiger partial charge in [0.15, 0.2) is 11.5 Å². The number of nitrogens with zero attached hydrogens (tertiary/aromatic N) is 6. The number of β-amino-alcohol motifs (C(OH)–C–C–N with tert-alkyl or cyclic N) is 1. The van der Waals surface area contributed by atoms with Gasteiger partial charge in [0, 0.05) is 62.3 Å². The minimum atomic E-state index is -4.65. The SMILES string of the molecule is CCCc1nnc(C[C@H](C[C@H](O)CN2CCN(C(C)(C)c3ncc(-c4cncc(OC)c4)o3)C[C@H]2C(=O)NCC(F)(F)F)C(=O)NC2=C(O)COc3ccccc32)o1. The Morgan fingerprint density at radius 1 is 1.09 bits per heavy atom. The molecule has 3 aromatic heterocycles. The normalized spacial score (nSPS) is 17.6. The number of nitrogens with one attached hydrogen (secondary N) is 2. The van der Waals surface area contributed by atoms with E-state index in [1.807, 2.05) is 31.0 Å². The van der Waals surface area contributed by atoms with Crippen molar-refractivity contribution in [2.45, 2.75) is 70.3 Å². The topological polar surface area (TPSA) is 201 Å². The second-order valence-electron chi connectivity index (χ2n) is 14.7. The van der Waals surface area contributed by atoms with Gasteiger partial charge in [0.05, 0.1) is 36.8 Å². The van der Waals surface area contributed by atoms with Crippen LogP contribution in [0, 0.1) is 5.92 Å². The Kier molecular flexibility index (Phi) is 13.0. The minimum Gasteiger partial charge on any atom is -0.507 e. The van der Waals surface area contributed by atoms with E-state index in [0.29, 0.717) is 53.1 Å². The second kappa shape index (κ2) is 17.9. The monoisotopic (exact) mass is 812 g/mol. The number of methoxy groups -OCH3 is 1. The van der Waals surface area contributed by atoms with Gasteiger partial charge >= 0.3 is 6.18 Å². The van der Waals surface area contributed by atoms with Crippen molar-refractivity contribution >= 4 is 17.5 Å². The average Bonchev–Trinajstić information content (AvgIpc) is 3.88. The summed E-state index contributed by atoms with van der Waals surface area (Å²) in [5.74, 6) is -0.353. The second-order valence-corrected chi connectivity index (χ2v) is 14.7. The van der Waals surface area contributed by atoms with Crippen LogP contribution in [0.5, 0.6) is 11.5 Å². The molecule has 0 aliphatic carbocycles. The fourth-order valence-electron chi connectivity index (χ4n) is 6.98. The van der Waals surface area contributed by atoms with E-state index in [4.69, 9.17) is 18.3 Å². The molecule has 3 atom stereocenters. The zero-order valence-electron chi connectivity index (χ0n) is 32.6. The van der Waals surface area contributed by atoms with Gasteiger partial charge in [-0.1, -0.05) is 19.1 Å². The van der Waals surface area contributed by atoms with E-state index in [9.17, 15) is 33.0 Å². The first-order valence-electron chi connectivity index (χ1n) is 18.9. The third kappa shape index (κ3) is 10.1. The van der Waals surface area contributed by atoms with Crippen molar-refractivity contribution in [3.05, 3.63) is 77.9 Å². The third-order valence-corrected chi connectivity index (χ3v) is 10.1. The summed E-state index contributed by atoms with van der Waals surface area (Å²) < 4.78 is 62.6. The van der Waals surface area contributed by atoms with Crippen molar-refractivity contribution in [3.8, 4) is 22.8 Å². The van der Waals surface area contributed by atoms with Gasteiger partial charge in [-0.3, -0.25) is 24.4 Å². The number of amides is 2. The summed E-state index contributed by atoms with van der Waals surface area (Å²) >= 11 is 0. The fraction of sp³-hybridized carbons (Fsp3) is 0.487. The molecule has 6 rings (SSSR count). The van der Waals surface area contributed by atoms with Crippen LogP contribution in [0.3, 0.4) is 0 Å². The lowest BCUT2D eigenvalue weighted by molar-refractivity contribution is -0.144. The summed E-state index contributed by atoms with van der Waals surface area (Å²) in [4.78, 5) is 39.7. The Bertz CT molecular complexity index is 2090. The number of aryl methyl sites for hydroxylation is 1. The highest BCUT2D eigenvalue weighted by Crippen LogP contribution is 2.34. The highest BCUT2D eigenvalue weighted by Gasteiger charge is 2.43. The molecule has 0 bridgehead atoms. The number of fused-ring (bicyclic) bond motifs is 1. The largest absolute Gasteiger partial charge is 0.507 e. The number of ether oxygens (including phenoxy) is 2. The number of aliphatic hydroxyl groups is 2. The zero-order valence-corrected chi connectivity index (χ0v) is 32.6. The van der Waals surface area contributed by atoms with Crippen LogP contribution in [-0.2, 0) is 28.0 Å². The highest BCUT2D eigenvalue weighted by molar-refractivity contribution is 5.90. The van der Waals surface area contributed by atoms with Crippen molar-refractivity contribution in [3.63, 3.8) is 0 Å². The minimum absolute atomic E-state index is 0.0388. The Labute approximate surface area is 332 Å². The number of carbonyl (C=O) groups excluding carboxylic acids is 2. The molecule has 58 heavy (non-hydrogen) atoms. The summed E-state index contributed by atoms with van der Waals surface area (Å²) in [7, 11) is 1.52. The van der Waals surface area contributed by atoms with E-state index in [-0.39, 0.29) is 56.4 Å². The molecular weight excluding hydrogens is 765 g/mol. The van der Waals surface area contributed by atoms with Crippen LogP contribution < -0.4 is 20.1 Å². The molecule has 16 nitrogen and oxygen atoms in total. The Hall–Kier alpha value is -5.53. The Balaban J connectivity index is 1.20. The highest BCUT2D eigenvalue weighted by atomic mass is 19.4. The van der Waals surface area contributed by atoms with Gasteiger partial charge in [-0.2, -0.15) is 13.2 Å². The van der Waals surface area contributed by atoms with Crippen LogP contribution in [0.4, 0.5) is 13.2 Å². The smallest absolute Gasteiger partial charge is 0.405 e. The maximum absolute atomic E-state index is 14.0. The quantitative estimate of drug-likeness (QED) is 0.126. The summed E-state index contributed by atoms with van der Waals surface area (Å²) in [6.07, 6.45) is -0.166. The average molecular weight is 813 g/mol. The number of hydrogen-bond donors (Lipinski definition) is 4. The predicted octanol–water partition coefficient (Wildman–Crippen LogP) is 4.03. The van der Waals surface area contributed by atoms with E-state index in [1.165, 1.54) is 13.3 Å². The van der Waals surface area contributed by atoms with Gasteiger partial charge < -0.3 is 39.2 Å². The third-order valence-electron chi connectivity index (χ3n) is 10.1. The molecule has 19 heteroatoms. The molecule has 1 fully saturated rings. The van der Waals surface area contributed by atoms with Crippen LogP contribution in [0.1, 0.15) is 56.8 Å². The summed E-state index contributed by atoms with van der Waals surface area (Å²) in [6.45, 7) is 4.19. The van der Waals surface area contributed by atoms with Gasteiger partial charge in [0.1, 0.15) is 30.7 Å². The molecule has 0 radical (unpaired) electrons. The lowest BCUT2D eigenvalue weighted by atomic mass is 9.94. The fourth-order valence-corrected chi connectivity index (χ4v) is 6.98. The van der Waals surface area contributed by atoms with Crippen LogP contribution in [0.15, 0.2) is 63.5 Å². The maximum atomic E-state index is 14.0. The number of halogens is 3. The predicted molar refractivity (Wildman–Crippen MR) is 201 cm³/mol. The number of benzene rings is 1. The van der Waals surface area contributed by atoms with Crippen molar-refractivity contribution < 1.29 is 51.3 Å². The number of alkyl halides is 3. The molecule has 1 saturated heterocycles. The molecule has 2 aliphatic rings. The van der Waals surface area contributed by atoms with Crippen molar-refractivity contribution in [1.82, 2.24) is 40.6 Å². The number of hydrogen-bond acceptors (Lipinski definition) is 14. The number of pyridine rings is 1. The lowest BCUT2D eigenvalue weighted by Crippen LogP contribution is -2.63. The van der Waals surface area contributed by atoms with E-state index >= 15 is 0 Å². The number of para-hydroxylation sites is 1. The molecular formula is C39H47F3N8O8. The van der Waals surface area contributed by atoms with Crippen LogP contribution in [-0.4, -0.2) is 117 Å².